The van der Waals surface area contributed by atoms with Gasteiger partial charge < -0.3 is 34.7 Å². The highest BCUT2D eigenvalue weighted by Crippen LogP contribution is 2.47. The molecule has 4 aromatic carbocycles. The molecule has 4 atom stereocenters. The minimum atomic E-state index is -1.12. The second kappa shape index (κ2) is 13.2. The third-order valence-electron chi connectivity index (χ3n) is 9.79. The van der Waals surface area contributed by atoms with Crippen molar-refractivity contribution < 1.29 is 28.8 Å². The van der Waals surface area contributed by atoms with E-state index in [1.807, 2.05) is 84.9 Å². The first-order valence-corrected chi connectivity index (χ1v) is 16.6. The van der Waals surface area contributed by atoms with Crippen LogP contribution in [0.3, 0.4) is 0 Å². The number of rotatable bonds is 11. The van der Waals surface area contributed by atoms with Gasteiger partial charge in [0.05, 0.1) is 33.2 Å². The summed E-state index contributed by atoms with van der Waals surface area (Å²) < 4.78 is 26.7. The monoisotopic (exact) mass is 684 g/mol. The van der Waals surface area contributed by atoms with E-state index in [0.29, 0.717) is 34.8 Å². The number of hydrogen-bond donors (Lipinski definition) is 3. The summed E-state index contributed by atoms with van der Waals surface area (Å²) in [5.41, 5.74) is 1.74. The van der Waals surface area contributed by atoms with Gasteiger partial charge in [-0.05, 0) is 53.1 Å². The van der Waals surface area contributed by atoms with Crippen LogP contribution in [0.25, 0.3) is 11.2 Å². The molecule has 1 amide bonds. The van der Waals surface area contributed by atoms with Crippen molar-refractivity contribution in [3.05, 3.63) is 144 Å². The van der Waals surface area contributed by atoms with Crippen LogP contribution in [0, 0.1) is 0 Å². The normalized spacial score (nSPS) is 21.1. The topological polar surface area (TPSA) is 142 Å². The average molecular weight is 685 g/mol. The second-order valence-corrected chi connectivity index (χ2v) is 12.6. The van der Waals surface area contributed by atoms with Crippen molar-refractivity contribution in [3.63, 3.8) is 0 Å². The maximum atomic E-state index is 12.9. The molecule has 2 aliphatic rings. The number of carbonyl (C=O) groups excluding carboxylic acids is 1. The molecule has 0 spiro atoms. The van der Waals surface area contributed by atoms with Crippen molar-refractivity contribution in [2.45, 2.75) is 29.6 Å². The van der Waals surface area contributed by atoms with Crippen molar-refractivity contribution in [2.75, 3.05) is 32.7 Å². The molecule has 0 aliphatic carbocycles. The van der Waals surface area contributed by atoms with Gasteiger partial charge in [0.15, 0.2) is 23.2 Å². The first-order chi connectivity index (χ1) is 25.0. The van der Waals surface area contributed by atoms with Gasteiger partial charge in [0.2, 0.25) is 0 Å². The Labute approximate surface area is 294 Å². The maximum Gasteiger partial charge on any atom is 0.256 e. The van der Waals surface area contributed by atoms with E-state index in [4.69, 9.17) is 18.9 Å². The number of nitrogens with one attached hydrogen (secondary N) is 2. The Morgan fingerprint density at radius 1 is 0.882 bits per heavy atom. The number of benzene rings is 4. The molecule has 2 bridgehead atoms. The number of ether oxygens (including phenoxy) is 4. The number of morpholine rings is 1. The predicted molar refractivity (Wildman–Crippen MR) is 189 cm³/mol. The lowest BCUT2D eigenvalue weighted by molar-refractivity contribution is -0.161. The fourth-order valence-corrected chi connectivity index (χ4v) is 7.12. The minimum Gasteiger partial charge on any atom is -0.497 e. The van der Waals surface area contributed by atoms with E-state index in [0.717, 1.165) is 16.7 Å². The Hall–Kier alpha value is -5.66. The lowest BCUT2D eigenvalue weighted by Gasteiger charge is -2.40. The van der Waals surface area contributed by atoms with Crippen LogP contribution in [0.4, 0.5) is 5.82 Å². The smallest absolute Gasteiger partial charge is 0.256 e. The molecule has 12 heteroatoms. The lowest BCUT2D eigenvalue weighted by atomic mass is 9.79. The van der Waals surface area contributed by atoms with Gasteiger partial charge in [0, 0.05) is 12.1 Å². The lowest BCUT2D eigenvalue weighted by Crippen LogP contribution is -2.49. The molecule has 12 nitrogen and oxygen atoms in total. The van der Waals surface area contributed by atoms with E-state index in [1.165, 1.54) is 6.33 Å². The average Bonchev–Trinajstić information content (AvgIpc) is 3.85. The van der Waals surface area contributed by atoms with Crippen LogP contribution in [-0.4, -0.2) is 75.7 Å². The maximum absolute atomic E-state index is 12.9. The van der Waals surface area contributed by atoms with Gasteiger partial charge in [-0.25, -0.2) is 15.0 Å². The number of fused-ring (bicyclic) bond motifs is 3. The van der Waals surface area contributed by atoms with Crippen LogP contribution in [-0.2, 0) is 15.1 Å². The van der Waals surface area contributed by atoms with Crippen LogP contribution < -0.4 is 20.1 Å². The van der Waals surface area contributed by atoms with Gasteiger partial charge in [-0.15, -0.1) is 0 Å². The summed E-state index contributed by atoms with van der Waals surface area (Å²) in [6.45, 7) is 0.381. The van der Waals surface area contributed by atoms with Gasteiger partial charge in [-0.2, -0.15) is 0 Å². The van der Waals surface area contributed by atoms with Crippen molar-refractivity contribution in [3.8, 4) is 11.5 Å². The predicted octanol–water partition coefficient (Wildman–Crippen LogP) is 4.70. The molecule has 2 aliphatic heterocycles. The Bertz CT molecular complexity index is 2100. The van der Waals surface area contributed by atoms with E-state index in [9.17, 15) is 9.90 Å². The number of aromatic nitrogens is 4. The molecular weight excluding hydrogens is 648 g/mol. The first kappa shape index (κ1) is 32.5. The van der Waals surface area contributed by atoms with E-state index >= 15 is 0 Å². The fourth-order valence-electron chi connectivity index (χ4n) is 7.12. The molecule has 51 heavy (non-hydrogen) atoms. The number of methoxy groups -OCH3 is 2. The summed E-state index contributed by atoms with van der Waals surface area (Å²) in [5, 5.41) is 18.1. The van der Waals surface area contributed by atoms with Crippen molar-refractivity contribution in [1.29, 1.82) is 0 Å². The molecule has 0 saturated carbocycles. The second-order valence-electron chi connectivity index (χ2n) is 12.6. The molecule has 258 valence electrons. The fraction of sp³-hybridized carbons (Fsp3) is 0.231. The Morgan fingerprint density at radius 2 is 1.49 bits per heavy atom. The minimum absolute atomic E-state index is 0.0289. The van der Waals surface area contributed by atoms with Crippen molar-refractivity contribution >= 4 is 22.9 Å². The third-order valence-corrected chi connectivity index (χ3v) is 9.79. The Kier molecular flexibility index (Phi) is 8.44. The zero-order chi connectivity index (χ0) is 35.0. The zero-order valence-electron chi connectivity index (χ0n) is 28.0. The quantitative estimate of drug-likeness (QED) is 0.164. The summed E-state index contributed by atoms with van der Waals surface area (Å²) in [7, 11) is 3.27. The van der Waals surface area contributed by atoms with Gasteiger partial charge in [0.1, 0.15) is 35.1 Å². The number of nitrogens with zero attached hydrogens (tertiary/aromatic N) is 4. The molecule has 0 radical (unpaired) electrons. The molecular formula is C39H36N6O6. The van der Waals surface area contributed by atoms with E-state index in [-0.39, 0.29) is 18.3 Å². The molecule has 0 unspecified atom stereocenters. The summed E-state index contributed by atoms with van der Waals surface area (Å²) in [6, 6.07) is 34.0. The number of aliphatic hydroxyl groups excluding tert-OH is 1. The summed E-state index contributed by atoms with van der Waals surface area (Å²) in [6.07, 6.45) is 1.35. The number of anilines is 1. The van der Waals surface area contributed by atoms with Crippen LogP contribution in [0.2, 0.25) is 0 Å². The van der Waals surface area contributed by atoms with Crippen LogP contribution in [0.5, 0.6) is 11.5 Å². The third kappa shape index (κ3) is 5.58. The van der Waals surface area contributed by atoms with Crippen LogP contribution >= 0.6 is 0 Å². The van der Waals surface area contributed by atoms with Crippen LogP contribution in [0.15, 0.2) is 122 Å². The van der Waals surface area contributed by atoms with Gasteiger partial charge >= 0.3 is 0 Å². The molecule has 6 aromatic rings. The molecule has 8 rings (SSSR count). The zero-order valence-corrected chi connectivity index (χ0v) is 28.0. The largest absolute Gasteiger partial charge is 0.497 e. The van der Waals surface area contributed by atoms with Gasteiger partial charge in [-0.3, -0.25) is 9.36 Å². The highest BCUT2D eigenvalue weighted by molar-refractivity contribution is 6.06. The highest BCUT2D eigenvalue weighted by Gasteiger charge is 2.61. The molecule has 2 aromatic heterocycles. The van der Waals surface area contributed by atoms with E-state index < -0.39 is 29.6 Å². The summed E-state index contributed by atoms with van der Waals surface area (Å²) in [4.78, 5) is 26.3. The number of aliphatic hydroxyl groups is 1. The Balaban J connectivity index is 1.14. The van der Waals surface area contributed by atoms with Crippen molar-refractivity contribution in [2.24, 2.45) is 0 Å². The molecule has 3 N–H and O–H groups in total. The number of amides is 1. The Morgan fingerprint density at radius 3 is 2.12 bits per heavy atom. The van der Waals surface area contributed by atoms with Crippen molar-refractivity contribution in [1.82, 2.24) is 24.8 Å². The van der Waals surface area contributed by atoms with Gasteiger partial charge in [-0.1, -0.05) is 72.8 Å². The van der Waals surface area contributed by atoms with Crippen LogP contribution in [0.1, 0.15) is 33.3 Å². The number of hydrogen-bond acceptors (Lipinski definition) is 10. The van der Waals surface area contributed by atoms with E-state index in [2.05, 4.69) is 25.6 Å². The summed E-state index contributed by atoms with van der Waals surface area (Å²) in [5.74, 6) is 1.39. The number of imidazole rings is 1. The summed E-state index contributed by atoms with van der Waals surface area (Å²) >= 11 is 0. The number of carbonyl (C=O) groups is 1. The standard InChI is InChI=1S/C39H36N6O6/c1-48-29-17-13-27(14-18-29)39(26-11-7-4-8-12-26,28-15-19-30(49-2)20-16-28)50-22-38-21-40-31(33(38)46)37(51-38)45-24-43-32-34(41-23-42-35(32)45)44-36(47)25-9-5-3-6-10-25/h3-20,23-24,31,33,37,40,46H,21-22H2,1-2H3,(H,41,42,44,47)/t31-,33+,37-,38-/m1/s1. The molecule has 2 saturated heterocycles. The first-order valence-electron chi connectivity index (χ1n) is 16.6. The SMILES string of the molecule is COc1ccc(C(OC[C@@]23CN[C@@H]([C@H](n4cnc5c(NC(=O)c6ccccc6)ncnc54)O2)[C@@H]3O)(c2ccccc2)c2ccc(OC)cc2)cc1. The highest BCUT2D eigenvalue weighted by atomic mass is 16.6. The van der Waals surface area contributed by atoms with E-state index in [1.54, 1.807) is 49.4 Å². The molecule has 4 heterocycles. The van der Waals surface area contributed by atoms with Gasteiger partial charge in [0.25, 0.3) is 5.91 Å². The molecule has 2 fully saturated rings.